The van der Waals surface area contributed by atoms with Crippen LogP contribution in [0, 0.1) is 6.92 Å². The zero-order valence-electron chi connectivity index (χ0n) is 14.0. The fourth-order valence-electron chi connectivity index (χ4n) is 2.62. The van der Waals surface area contributed by atoms with Crippen LogP contribution in [0.1, 0.15) is 28.1 Å². The van der Waals surface area contributed by atoms with E-state index in [1.54, 1.807) is 24.3 Å². The maximum absolute atomic E-state index is 12.2. The Kier molecular flexibility index (Phi) is 5.67. The Balaban J connectivity index is 1.49. The zero-order chi connectivity index (χ0) is 17.6. The van der Waals surface area contributed by atoms with Crippen LogP contribution < -0.4 is 16.0 Å². The molecule has 1 atom stereocenters. The van der Waals surface area contributed by atoms with E-state index >= 15 is 0 Å². The summed E-state index contributed by atoms with van der Waals surface area (Å²) in [6.45, 7) is 3.19. The number of carbonyl (C=O) groups is 2. The van der Waals surface area contributed by atoms with Gasteiger partial charge in [0, 0.05) is 24.5 Å². The number of rotatable bonds is 5. The Morgan fingerprint density at radius 1 is 1.16 bits per heavy atom. The standard InChI is InChI=1S/C18H21N3O3S/c1-12-8-10-25-16(12)17(22)20-13-4-6-14(7-5-13)21-18(23)19-11-15-3-2-9-24-15/h4-8,10,15H,2-3,9,11H2,1H3,(H,20,22)(H2,19,21,23)/t15-/m1/s1. The molecule has 1 aliphatic rings. The van der Waals surface area contributed by atoms with Gasteiger partial charge in [0.25, 0.3) is 5.91 Å². The van der Waals surface area contributed by atoms with Crippen LogP contribution in [0.3, 0.4) is 0 Å². The maximum Gasteiger partial charge on any atom is 0.319 e. The van der Waals surface area contributed by atoms with Gasteiger partial charge < -0.3 is 20.7 Å². The molecule has 0 bridgehead atoms. The van der Waals surface area contributed by atoms with Gasteiger partial charge in [-0.1, -0.05) is 0 Å². The molecule has 0 saturated carbocycles. The highest BCUT2D eigenvalue weighted by Crippen LogP contribution is 2.19. The van der Waals surface area contributed by atoms with Gasteiger partial charge in [-0.05, 0) is 61.0 Å². The molecule has 0 aliphatic carbocycles. The number of hydrogen-bond acceptors (Lipinski definition) is 4. The van der Waals surface area contributed by atoms with Gasteiger partial charge in [-0.15, -0.1) is 11.3 Å². The Bertz CT molecular complexity index is 736. The number of urea groups is 1. The van der Waals surface area contributed by atoms with Gasteiger partial charge in [0.1, 0.15) is 0 Å². The van der Waals surface area contributed by atoms with E-state index in [9.17, 15) is 9.59 Å². The Labute approximate surface area is 150 Å². The van der Waals surface area contributed by atoms with Gasteiger partial charge in [-0.3, -0.25) is 4.79 Å². The summed E-state index contributed by atoms with van der Waals surface area (Å²) in [5.74, 6) is -0.123. The molecular weight excluding hydrogens is 338 g/mol. The van der Waals surface area contributed by atoms with Crippen molar-refractivity contribution in [2.24, 2.45) is 0 Å². The van der Waals surface area contributed by atoms with Crippen molar-refractivity contribution in [3.05, 3.63) is 46.2 Å². The van der Waals surface area contributed by atoms with Crippen molar-refractivity contribution in [2.45, 2.75) is 25.9 Å². The molecule has 1 aromatic heterocycles. The molecule has 3 amide bonds. The van der Waals surface area contributed by atoms with Crippen molar-refractivity contribution < 1.29 is 14.3 Å². The number of ether oxygens (including phenoxy) is 1. The van der Waals surface area contributed by atoms with E-state index in [1.807, 2.05) is 18.4 Å². The Morgan fingerprint density at radius 3 is 2.48 bits per heavy atom. The number of thiophene rings is 1. The first-order valence-corrected chi connectivity index (χ1v) is 9.12. The van der Waals surface area contributed by atoms with Crippen LogP contribution in [0.4, 0.5) is 16.2 Å². The molecule has 0 spiro atoms. The molecule has 1 saturated heterocycles. The average molecular weight is 359 g/mol. The van der Waals surface area contributed by atoms with E-state index in [2.05, 4.69) is 16.0 Å². The second-order valence-electron chi connectivity index (χ2n) is 5.93. The van der Waals surface area contributed by atoms with Crippen molar-refractivity contribution in [3.8, 4) is 0 Å². The number of benzene rings is 1. The largest absolute Gasteiger partial charge is 0.376 e. The first-order chi connectivity index (χ1) is 12.1. The molecule has 132 valence electrons. The number of nitrogens with one attached hydrogen (secondary N) is 3. The quantitative estimate of drug-likeness (QED) is 0.763. The molecule has 7 heteroatoms. The van der Waals surface area contributed by atoms with Crippen molar-refractivity contribution >= 4 is 34.6 Å². The highest BCUT2D eigenvalue weighted by molar-refractivity contribution is 7.12. The topological polar surface area (TPSA) is 79.5 Å². The third-order valence-corrected chi connectivity index (χ3v) is 5.00. The van der Waals surface area contributed by atoms with Crippen LogP contribution in [0.15, 0.2) is 35.7 Å². The lowest BCUT2D eigenvalue weighted by atomic mass is 10.2. The minimum Gasteiger partial charge on any atom is -0.376 e. The highest BCUT2D eigenvalue weighted by atomic mass is 32.1. The predicted molar refractivity (Wildman–Crippen MR) is 99.4 cm³/mol. The summed E-state index contributed by atoms with van der Waals surface area (Å²) < 4.78 is 5.46. The van der Waals surface area contributed by atoms with E-state index in [4.69, 9.17) is 4.74 Å². The summed E-state index contributed by atoms with van der Waals surface area (Å²) in [7, 11) is 0. The molecular formula is C18H21N3O3S. The van der Waals surface area contributed by atoms with Crippen LogP contribution in [0.5, 0.6) is 0 Å². The van der Waals surface area contributed by atoms with E-state index < -0.39 is 0 Å². The molecule has 1 aromatic carbocycles. The Hall–Kier alpha value is -2.38. The van der Waals surface area contributed by atoms with Crippen molar-refractivity contribution in [1.29, 1.82) is 0 Å². The predicted octanol–water partition coefficient (Wildman–Crippen LogP) is 3.61. The number of carbonyl (C=O) groups excluding carboxylic acids is 2. The number of hydrogen-bond donors (Lipinski definition) is 3. The molecule has 1 fully saturated rings. The van der Waals surface area contributed by atoms with Gasteiger partial charge in [0.15, 0.2) is 0 Å². The third-order valence-electron chi connectivity index (χ3n) is 3.98. The Morgan fingerprint density at radius 2 is 1.88 bits per heavy atom. The maximum atomic E-state index is 12.2. The molecule has 3 N–H and O–H groups in total. The third kappa shape index (κ3) is 4.80. The first-order valence-electron chi connectivity index (χ1n) is 8.24. The van der Waals surface area contributed by atoms with E-state index in [1.165, 1.54) is 11.3 Å². The first kappa shape index (κ1) is 17.4. The van der Waals surface area contributed by atoms with Crippen molar-refractivity contribution in [2.75, 3.05) is 23.8 Å². The summed E-state index contributed by atoms with van der Waals surface area (Å²) >= 11 is 1.42. The normalized spacial score (nSPS) is 16.4. The molecule has 0 radical (unpaired) electrons. The van der Waals surface area contributed by atoms with Gasteiger partial charge in [0.05, 0.1) is 11.0 Å². The minimum absolute atomic E-state index is 0.115. The van der Waals surface area contributed by atoms with Crippen LogP contribution in [0.25, 0.3) is 0 Å². The lowest BCUT2D eigenvalue weighted by Gasteiger charge is -2.12. The molecule has 2 aromatic rings. The molecule has 2 heterocycles. The summed E-state index contributed by atoms with van der Waals surface area (Å²) in [5.41, 5.74) is 2.31. The fraction of sp³-hybridized carbons (Fsp3) is 0.333. The van der Waals surface area contributed by atoms with E-state index in [0.717, 1.165) is 25.0 Å². The monoisotopic (exact) mass is 359 g/mol. The van der Waals surface area contributed by atoms with Gasteiger partial charge >= 0.3 is 6.03 Å². The zero-order valence-corrected chi connectivity index (χ0v) is 14.8. The summed E-state index contributed by atoms with van der Waals surface area (Å²) in [6, 6.07) is 8.68. The summed E-state index contributed by atoms with van der Waals surface area (Å²) in [6.07, 6.45) is 2.15. The smallest absolute Gasteiger partial charge is 0.319 e. The van der Waals surface area contributed by atoms with Crippen LogP contribution in [-0.4, -0.2) is 31.2 Å². The molecule has 6 nitrogen and oxygen atoms in total. The fourth-order valence-corrected chi connectivity index (χ4v) is 3.44. The van der Waals surface area contributed by atoms with Crippen molar-refractivity contribution in [1.82, 2.24) is 5.32 Å². The minimum atomic E-state index is -0.263. The second kappa shape index (κ2) is 8.13. The SMILES string of the molecule is Cc1ccsc1C(=O)Nc1ccc(NC(=O)NC[C@H]2CCCO2)cc1. The van der Waals surface area contributed by atoms with Crippen molar-refractivity contribution in [3.63, 3.8) is 0 Å². The summed E-state index contributed by atoms with van der Waals surface area (Å²) in [5, 5.41) is 10.3. The average Bonchev–Trinajstić information content (AvgIpc) is 3.26. The van der Waals surface area contributed by atoms with Crippen LogP contribution >= 0.6 is 11.3 Å². The van der Waals surface area contributed by atoms with E-state index in [-0.39, 0.29) is 18.0 Å². The summed E-state index contributed by atoms with van der Waals surface area (Å²) in [4.78, 5) is 24.8. The van der Waals surface area contributed by atoms with Gasteiger partial charge in [-0.25, -0.2) is 4.79 Å². The van der Waals surface area contributed by atoms with E-state index in [0.29, 0.717) is 22.8 Å². The number of aryl methyl sites for hydroxylation is 1. The molecule has 25 heavy (non-hydrogen) atoms. The number of anilines is 2. The molecule has 3 rings (SSSR count). The lowest BCUT2D eigenvalue weighted by Crippen LogP contribution is -2.35. The lowest BCUT2D eigenvalue weighted by molar-refractivity contribution is 0.103. The van der Waals surface area contributed by atoms with Gasteiger partial charge in [-0.2, -0.15) is 0 Å². The van der Waals surface area contributed by atoms with Gasteiger partial charge in [0.2, 0.25) is 0 Å². The highest BCUT2D eigenvalue weighted by Gasteiger charge is 2.16. The van der Waals surface area contributed by atoms with Crippen LogP contribution in [-0.2, 0) is 4.74 Å². The van der Waals surface area contributed by atoms with Crippen LogP contribution in [0.2, 0.25) is 0 Å². The second-order valence-corrected chi connectivity index (χ2v) is 6.85. The molecule has 1 aliphatic heterocycles. The molecule has 0 unspecified atom stereocenters. The number of amides is 3.